The molecule has 0 amide bonds. The summed E-state index contributed by atoms with van der Waals surface area (Å²) in [5, 5.41) is 1.38. The fourth-order valence-electron chi connectivity index (χ4n) is 3.29. The zero-order valence-electron chi connectivity index (χ0n) is 18.9. The molecule has 5 N–H and O–H groups in total. The number of sulfonamides is 1. The van der Waals surface area contributed by atoms with Gasteiger partial charge in [-0.3, -0.25) is 9.79 Å². The number of unbranched alkanes of at least 4 members (excludes halogenated alkanes) is 1. The number of esters is 1. The summed E-state index contributed by atoms with van der Waals surface area (Å²) in [5.74, 6) is -0.666. The average molecular weight is 464 g/mol. The van der Waals surface area contributed by atoms with E-state index in [9.17, 15) is 13.2 Å². The van der Waals surface area contributed by atoms with Crippen LogP contribution in [0.2, 0.25) is 0 Å². The van der Waals surface area contributed by atoms with Crippen LogP contribution < -0.4 is 21.1 Å². The lowest BCUT2D eigenvalue weighted by Gasteiger charge is -2.20. The maximum absolute atomic E-state index is 13.3. The number of hydrogen-bond acceptors (Lipinski definition) is 6. The first-order valence-electron chi connectivity index (χ1n) is 10.6. The molecule has 0 aliphatic rings. The van der Waals surface area contributed by atoms with Crippen molar-refractivity contribution in [2.75, 3.05) is 32.1 Å². The number of guanidine groups is 1. The third-order valence-electron chi connectivity index (χ3n) is 4.90. The van der Waals surface area contributed by atoms with Crippen molar-refractivity contribution in [3.05, 3.63) is 36.4 Å². The maximum Gasteiger partial charge on any atom is 0.324 e. The van der Waals surface area contributed by atoms with Gasteiger partial charge in [-0.1, -0.05) is 37.6 Å². The number of carbonyl (C=O) groups excluding carboxylic acids is 1. The van der Waals surface area contributed by atoms with Gasteiger partial charge in [0.15, 0.2) is 5.96 Å². The topological polar surface area (TPSA) is 140 Å². The molecule has 0 radical (unpaired) electrons. The Labute approximate surface area is 189 Å². The van der Waals surface area contributed by atoms with Crippen LogP contribution in [0.4, 0.5) is 5.69 Å². The van der Waals surface area contributed by atoms with E-state index in [2.05, 4.69) is 9.71 Å². The molecule has 2 rings (SSSR count). The molecule has 0 aliphatic carbocycles. The summed E-state index contributed by atoms with van der Waals surface area (Å²) in [4.78, 5) is 18.5. The fraction of sp³-hybridized carbons (Fsp3) is 0.455. The molecule has 0 aromatic heterocycles. The van der Waals surface area contributed by atoms with Gasteiger partial charge in [-0.25, -0.2) is 8.42 Å². The molecular weight excluding hydrogens is 430 g/mol. The Morgan fingerprint density at radius 2 is 1.81 bits per heavy atom. The Bertz CT molecular complexity index is 1050. The van der Waals surface area contributed by atoms with Crippen LogP contribution in [0.15, 0.2) is 46.3 Å². The van der Waals surface area contributed by atoms with Crippen LogP contribution in [0.5, 0.6) is 0 Å². The molecule has 10 heteroatoms. The Morgan fingerprint density at radius 3 is 2.47 bits per heavy atom. The lowest BCUT2D eigenvalue weighted by molar-refractivity contribution is -0.146. The van der Waals surface area contributed by atoms with Gasteiger partial charge in [0.05, 0.1) is 11.5 Å². The van der Waals surface area contributed by atoms with E-state index in [4.69, 9.17) is 16.2 Å². The largest absolute Gasteiger partial charge is 0.465 e. The highest BCUT2D eigenvalue weighted by molar-refractivity contribution is 7.89. The molecule has 1 atom stereocenters. The SMILES string of the molecule is CCCCOC(=O)C(CCCN=C(N)N)NS(=O)(=O)c1cccc2c(N(C)C)cccc12. The van der Waals surface area contributed by atoms with Gasteiger partial charge in [-0.15, -0.1) is 0 Å². The van der Waals surface area contributed by atoms with Gasteiger partial charge in [-0.05, 0) is 31.4 Å². The second-order valence-electron chi connectivity index (χ2n) is 7.67. The van der Waals surface area contributed by atoms with Gasteiger partial charge in [-0.2, -0.15) is 4.72 Å². The molecule has 2 aromatic rings. The van der Waals surface area contributed by atoms with Gasteiger partial charge in [0.25, 0.3) is 0 Å². The Balaban J connectivity index is 2.33. The van der Waals surface area contributed by atoms with Crippen molar-refractivity contribution in [1.82, 2.24) is 4.72 Å². The van der Waals surface area contributed by atoms with E-state index < -0.39 is 22.0 Å². The smallest absolute Gasteiger partial charge is 0.324 e. The number of nitrogens with zero attached hydrogens (tertiary/aromatic N) is 2. The van der Waals surface area contributed by atoms with Crippen molar-refractivity contribution >= 4 is 38.4 Å². The number of carbonyl (C=O) groups is 1. The summed E-state index contributed by atoms with van der Waals surface area (Å²) in [7, 11) is -0.220. The minimum Gasteiger partial charge on any atom is -0.465 e. The molecule has 0 bridgehead atoms. The Kier molecular flexibility index (Phi) is 9.27. The molecule has 32 heavy (non-hydrogen) atoms. The number of nitrogens with two attached hydrogens (primary N) is 2. The van der Waals surface area contributed by atoms with Crippen LogP contribution in [0.3, 0.4) is 0 Å². The first-order chi connectivity index (χ1) is 15.2. The Morgan fingerprint density at radius 1 is 1.12 bits per heavy atom. The number of aliphatic imine (C=N–C) groups is 1. The van der Waals surface area contributed by atoms with Crippen LogP contribution in [0, 0.1) is 0 Å². The van der Waals surface area contributed by atoms with E-state index in [0.29, 0.717) is 18.2 Å². The number of ether oxygens (including phenoxy) is 1. The molecule has 0 fully saturated rings. The minimum atomic E-state index is -4.01. The quantitative estimate of drug-likeness (QED) is 0.189. The van der Waals surface area contributed by atoms with E-state index in [1.807, 2.05) is 44.1 Å². The van der Waals surface area contributed by atoms with Crippen LogP contribution in [-0.2, 0) is 19.6 Å². The van der Waals surface area contributed by atoms with E-state index in [1.165, 1.54) is 6.07 Å². The maximum atomic E-state index is 13.3. The predicted molar refractivity (Wildman–Crippen MR) is 128 cm³/mol. The highest BCUT2D eigenvalue weighted by atomic mass is 32.2. The van der Waals surface area contributed by atoms with Gasteiger partial charge < -0.3 is 21.1 Å². The van der Waals surface area contributed by atoms with Crippen LogP contribution in [0.1, 0.15) is 32.6 Å². The standard InChI is InChI=1S/C22H33N5O4S/c1-4-5-15-31-21(28)18(11-8-14-25-22(23)24)26-32(29,30)20-13-7-9-16-17(20)10-6-12-19(16)27(2)3/h6-7,9-10,12-13,18,26H,4-5,8,11,14-15H2,1-3H3,(H4,23,24,25). The summed E-state index contributed by atoms with van der Waals surface area (Å²) in [5.41, 5.74) is 11.6. The Hall–Kier alpha value is -2.85. The molecule has 0 heterocycles. The van der Waals surface area contributed by atoms with Crippen molar-refractivity contribution in [2.24, 2.45) is 16.5 Å². The van der Waals surface area contributed by atoms with Crippen LogP contribution in [0.25, 0.3) is 10.8 Å². The van der Waals surface area contributed by atoms with E-state index in [0.717, 1.165) is 17.5 Å². The lowest BCUT2D eigenvalue weighted by atomic mass is 10.1. The molecule has 1 unspecified atom stereocenters. The molecule has 0 saturated heterocycles. The van der Waals surface area contributed by atoms with Crippen molar-refractivity contribution < 1.29 is 17.9 Å². The van der Waals surface area contributed by atoms with Crippen LogP contribution >= 0.6 is 0 Å². The monoisotopic (exact) mass is 463 g/mol. The van der Waals surface area contributed by atoms with Gasteiger partial charge in [0, 0.05) is 37.1 Å². The van der Waals surface area contributed by atoms with Crippen molar-refractivity contribution in [3.8, 4) is 0 Å². The summed E-state index contributed by atoms with van der Waals surface area (Å²) in [6.45, 7) is 2.50. The van der Waals surface area contributed by atoms with E-state index in [-0.39, 0.29) is 30.4 Å². The second-order valence-corrected chi connectivity index (χ2v) is 9.35. The summed E-state index contributed by atoms with van der Waals surface area (Å²) < 4.78 is 34.4. The number of rotatable bonds is 12. The highest BCUT2D eigenvalue weighted by Gasteiger charge is 2.28. The average Bonchev–Trinajstić information content (AvgIpc) is 2.74. The predicted octanol–water partition coefficient (Wildman–Crippen LogP) is 1.95. The molecule has 0 spiro atoms. The van der Waals surface area contributed by atoms with E-state index in [1.54, 1.807) is 12.1 Å². The second kappa shape index (κ2) is 11.7. The first kappa shape index (κ1) is 25.4. The minimum absolute atomic E-state index is 0.0555. The fourth-order valence-corrected chi connectivity index (χ4v) is 4.73. The number of benzene rings is 2. The molecule has 9 nitrogen and oxygen atoms in total. The summed E-state index contributed by atoms with van der Waals surface area (Å²) in [6, 6.07) is 9.53. The molecular formula is C22H33N5O4S. The molecule has 0 aliphatic heterocycles. The van der Waals surface area contributed by atoms with Crippen molar-refractivity contribution in [1.29, 1.82) is 0 Å². The van der Waals surface area contributed by atoms with Crippen molar-refractivity contribution in [2.45, 2.75) is 43.5 Å². The number of fused-ring (bicyclic) bond motifs is 1. The lowest BCUT2D eigenvalue weighted by Crippen LogP contribution is -2.42. The number of anilines is 1. The normalized spacial score (nSPS) is 12.3. The molecule has 0 saturated carbocycles. The molecule has 176 valence electrons. The third kappa shape index (κ3) is 6.83. The summed E-state index contributed by atoms with van der Waals surface area (Å²) >= 11 is 0. The van der Waals surface area contributed by atoms with E-state index >= 15 is 0 Å². The zero-order valence-corrected chi connectivity index (χ0v) is 19.7. The zero-order chi connectivity index (χ0) is 23.7. The van der Waals surface area contributed by atoms with Gasteiger partial charge >= 0.3 is 5.97 Å². The summed E-state index contributed by atoms with van der Waals surface area (Å²) in [6.07, 6.45) is 2.18. The number of nitrogens with one attached hydrogen (secondary N) is 1. The first-order valence-corrected chi connectivity index (χ1v) is 12.1. The van der Waals surface area contributed by atoms with Crippen LogP contribution in [-0.4, -0.2) is 53.6 Å². The number of hydrogen-bond donors (Lipinski definition) is 3. The van der Waals surface area contributed by atoms with Gasteiger partial charge in [0.2, 0.25) is 10.0 Å². The molecule has 2 aromatic carbocycles. The highest BCUT2D eigenvalue weighted by Crippen LogP contribution is 2.30. The third-order valence-corrected chi connectivity index (χ3v) is 6.43. The van der Waals surface area contributed by atoms with Gasteiger partial charge in [0.1, 0.15) is 6.04 Å². The van der Waals surface area contributed by atoms with Crippen molar-refractivity contribution in [3.63, 3.8) is 0 Å².